The van der Waals surface area contributed by atoms with E-state index in [-0.39, 0.29) is 23.4 Å². The van der Waals surface area contributed by atoms with Crippen LogP contribution in [0.2, 0.25) is 0 Å². The van der Waals surface area contributed by atoms with Crippen molar-refractivity contribution in [3.05, 3.63) is 66.0 Å². The maximum absolute atomic E-state index is 13.1. The largest absolute Gasteiger partial charge is 0.349 e. The van der Waals surface area contributed by atoms with Gasteiger partial charge in [0.2, 0.25) is 15.9 Å². The molecular formula is C20H23FN2O3S. The molecule has 7 heteroatoms. The highest BCUT2D eigenvalue weighted by Gasteiger charge is 2.33. The third-order valence-electron chi connectivity index (χ3n) is 4.86. The lowest BCUT2D eigenvalue weighted by molar-refractivity contribution is -0.126. The summed E-state index contributed by atoms with van der Waals surface area (Å²) in [5, 5.41) is 2.98. The van der Waals surface area contributed by atoms with E-state index in [4.69, 9.17) is 0 Å². The van der Waals surface area contributed by atoms with Gasteiger partial charge in [0.05, 0.1) is 16.9 Å². The van der Waals surface area contributed by atoms with Crippen LogP contribution in [-0.4, -0.2) is 31.7 Å². The van der Waals surface area contributed by atoms with Crippen LogP contribution in [0.15, 0.2) is 59.5 Å². The number of nitrogens with one attached hydrogen (secondary N) is 1. The SMILES string of the molecule is C[C@@H](NC(=O)[C@@H]1CCCN(S(=O)(=O)c2ccc(F)cc2)C1)c1ccccc1. The quantitative estimate of drug-likeness (QED) is 0.853. The van der Waals surface area contributed by atoms with Crippen LogP contribution in [0.3, 0.4) is 0 Å². The fourth-order valence-corrected chi connectivity index (χ4v) is 4.81. The number of hydrogen-bond donors (Lipinski definition) is 1. The van der Waals surface area contributed by atoms with E-state index in [1.54, 1.807) is 0 Å². The molecule has 3 rings (SSSR count). The van der Waals surface area contributed by atoms with Gasteiger partial charge >= 0.3 is 0 Å². The zero-order valence-electron chi connectivity index (χ0n) is 15.1. The van der Waals surface area contributed by atoms with Crippen LogP contribution in [0.25, 0.3) is 0 Å². The Hall–Kier alpha value is -2.25. The zero-order valence-corrected chi connectivity index (χ0v) is 16.0. The van der Waals surface area contributed by atoms with Crippen molar-refractivity contribution in [2.45, 2.75) is 30.7 Å². The lowest BCUT2D eigenvalue weighted by Gasteiger charge is -2.32. The van der Waals surface area contributed by atoms with E-state index in [0.29, 0.717) is 19.4 Å². The molecule has 0 spiro atoms. The summed E-state index contributed by atoms with van der Waals surface area (Å²) in [5.74, 6) is -1.04. The summed E-state index contributed by atoms with van der Waals surface area (Å²) in [7, 11) is -3.74. The Morgan fingerprint density at radius 2 is 1.81 bits per heavy atom. The molecule has 1 heterocycles. The van der Waals surface area contributed by atoms with Crippen LogP contribution in [0, 0.1) is 11.7 Å². The summed E-state index contributed by atoms with van der Waals surface area (Å²) in [4.78, 5) is 12.7. The van der Waals surface area contributed by atoms with Gasteiger partial charge in [-0.05, 0) is 49.6 Å². The Bertz CT molecular complexity index is 885. The molecule has 0 radical (unpaired) electrons. The second kappa shape index (κ2) is 8.19. The Kier molecular flexibility index (Phi) is 5.92. The minimum Gasteiger partial charge on any atom is -0.349 e. The number of nitrogens with zero attached hydrogens (tertiary/aromatic N) is 1. The van der Waals surface area contributed by atoms with E-state index in [0.717, 1.165) is 17.7 Å². The Morgan fingerprint density at radius 1 is 1.15 bits per heavy atom. The van der Waals surface area contributed by atoms with Crippen molar-refractivity contribution in [2.24, 2.45) is 5.92 Å². The molecule has 1 N–H and O–H groups in total. The molecule has 0 aliphatic carbocycles. The van der Waals surface area contributed by atoms with Crippen molar-refractivity contribution in [3.63, 3.8) is 0 Å². The summed E-state index contributed by atoms with van der Waals surface area (Å²) in [6.45, 7) is 2.40. The van der Waals surface area contributed by atoms with Gasteiger partial charge in [-0.15, -0.1) is 0 Å². The molecule has 2 atom stereocenters. The van der Waals surface area contributed by atoms with Crippen LogP contribution < -0.4 is 5.32 Å². The molecular weight excluding hydrogens is 367 g/mol. The number of sulfonamides is 1. The molecule has 0 bridgehead atoms. The van der Waals surface area contributed by atoms with E-state index in [1.807, 2.05) is 37.3 Å². The highest BCUT2D eigenvalue weighted by molar-refractivity contribution is 7.89. The van der Waals surface area contributed by atoms with Crippen LogP contribution in [0.4, 0.5) is 4.39 Å². The number of halogens is 1. The van der Waals surface area contributed by atoms with Crippen molar-refractivity contribution in [3.8, 4) is 0 Å². The third kappa shape index (κ3) is 4.54. The van der Waals surface area contributed by atoms with Gasteiger partial charge in [-0.2, -0.15) is 4.31 Å². The van der Waals surface area contributed by atoms with E-state index >= 15 is 0 Å². The van der Waals surface area contributed by atoms with Crippen LogP contribution in [-0.2, 0) is 14.8 Å². The Morgan fingerprint density at radius 3 is 2.48 bits per heavy atom. The number of carbonyl (C=O) groups is 1. The maximum Gasteiger partial charge on any atom is 0.243 e. The van der Waals surface area contributed by atoms with E-state index in [2.05, 4.69) is 5.32 Å². The van der Waals surface area contributed by atoms with Gasteiger partial charge in [0.1, 0.15) is 5.82 Å². The minimum absolute atomic E-state index is 0.0441. The van der Waals surface area contributed by atoms with Crippen LogP contribution in [0.1, 0.15) is 31.4 Å². The molecule has 1 saturated heterocycles. The average Bonchev–Trinajstić information content (AvgIpc) is 2.69. The van der Waals surface area contributed by atoms with Crippen molar-refractivity contribution in [1.29, 1.82) is 0 Å². The molecule has 2 aromatic rings. The van der Waals surface area contributed by atoms with Gasteiger partial charge in [0, 0.05) is 13.1 Å². The first-order valence-corrected chi connectivity index (χ1v) is 10.4. The summed E-state index contributed by atoms with van der Waals surface area (Å²) >= 11 is 0. The van der Waals surface area contributed by atoms with Gasteiger partial charge in [0.15, 0.2) is 0 Å². The fourth-order valence-electron chi connectivity index (χ4n) is 3.29. The number of amides is 1. The summed E-state index contributed by atoms with van der Waals surface area (Å²) < 4.78 is 40.0. The normalized spacial score (nSPS) is 19.4. The second-order valence-electron chi connectivity index (χ2n) is 6.80. The molecule has 1 fully saturated rings. The van der Waals surface area contributed by atoms with Crippen LogP contribution in [0.5, 0.6) is 0 Å². The second-order valence-corrected chi connectivity index (χ2v) is 8.74. The van der Waals surface area contributed by atoms with Gasteiger partial charge < -0.3 is 5.32 Å². The molecule has 144 valence electrons. The van der Waals surface area contributed by atoms with Gasteiger partial charge in [-0.1, -0.05) is 30.3 Å². The predicted molar refractivity (Wildman–Crippen MR) is 101 cm³/mol. The molecule has 2 aromatic carbocycles. The molecule has 27 heavy (non-hydrogen) atoms. The Balaban J connectivity index is 1.68. The first-order chi connectivity index (χ1) is 12.9. The lowest BCUT2D eigenvalue weighted by atomic mass is 9.98. The highest BCUT2D eigenvalue weighted by Crippen LogP contribution is 2.25. The Labute approximate surface area is 159 Å². The number of piperidine rings is 1. The molecule has 0 saturated carbocycles. The van der Waals surface area contributed by atoms with Gasteiger partial charge in [-0.25, -0.2) is 12.8 Å². The smallest absolute Gasteiger partial charge is 0.243 e. The van der Waals surface area contributed by atoms with Crippen LogP contribution >= 0.6 is 0 Å². The van der Waals surface area contributed by atoms with E-state index in [9.17, 15) is 17.6 Å². The van der Waals surface area contributed by atoms with Crippen molar-refractivity contribution < 1.29 is 17.6 Å². The number of rotatable bonds is 5. The number of hydrogen-bond acceptors (Lipinski definition) is 3. The molecule has 1 amide bonds. The molecule has 1 aliphatic rings. The third-order valence-corrected chi connectivity index (χ3v) is 6.74. The lowest BCUT2D eigenvalue weighted by Crippen LogP contribution is -2.45. The molecule has 0 unspecified atom stereocenters. The zero-order chi connectivity index (χ0) is 19.4. The number of benzene rings is 2. The molecule has 0 aromatic heterocycles. The average molecular weight is 390 g/mol. The summed E-state index contributed by atoms with van der Waals surface area (Å²) in [5.41, 5.74) is 0.998. The number of carbonyl (C=O) groups excluding carboxylic acids is 1. The monoisotopic (exact) mass is 390 g/mol. The van der Waals surface area contributed by atoms with Gasteiger partial charge in [0.25, 0.3) is 0 Å². The topological polar surface area (TPSA) is 66.5 Å². The highest BCUT2D eigenvalue weighted by atomic mass is 32.2. The predicted octanol–water partition coefficient (Wildman–Crippen LogP) is 3.10. The molecule has 5 nitrogen and oxygen atoms in total. The van der Waals surface area contributed by atoms with Crippen molar-refractivity contribution in [2.75, 3.05) is 13.1 Å². The first kappa shape index (κ1) is 19.5. The van der Waals surface area contributed by atoms with Gasteiger partial charge in [-0.3, -0.25) is 4.79 Å². The van der Waals surface area contributed by atoms with Crippen molar-refractivity contribution in [1.82, 2.24) is 9.62 Å². The molecule has 1 aliphatic heterocycles. The first-order valence-electron chi connectivity index (χ1n) is 8.99. The summed E-state index contributed by atoms with van der Waals surface area (Å²) in [6.07, 6.45) is 1.25. The minimum atomic E-state index is -3.74. The van der Waals surface area contributed by atoms with E-state index < -0.39 is 21.8 Å². The van der Waals surface area contributed by atoms with E-state index in [1.165, 1.54) is 16.4 Å². The summed E-state index contributed by atoms with van der Waals surface area (Å²) in [6, 6.07) is 14.2. The maximum atomic E-state index is 13.1. The fraction of sp³-hybridized carbons (Fsp3) is 0.350. The standard InChI is InChI=1S/C20H23FN2O3S/c1-15(16-6-3-2-4-7-16)22-20(24)17-8-5-13-23(14-17)27(25,26)19-11-9-18(21)10-12-19/h2-4,6-7,9-12,15,17H,5,8,13-14H2,1H3,(H,22,24)/t15-,17-/m1/s1. The van der Waals surface area contributed by atoms with Crippen molar-refractivity contribution >= 4 is 15.9 Å².